The SMILES string of the molecule is CCN(CC)CCCS(=O)(=O)N[C@H](CCc1ccccc1)c1nc(CNC(=O)N(CC)Cc2ccccc2)n[nH]1. The van der Waals surface area contributed by atoms with Crippen LogP contribution in [0.5, 0.6) is 0 Å². The number of nitrogens with one attached hydrogen (secondary N) is 3. The number of urea groups is 1. The molecule has 11 heteroatoms. The molecule has 1 heterocycles. The van der Waals surface area contributed by atoms with Crippen LogP contribution in [-0.4, -0.2) is 71.4 Å². The summed E-state index contributed by atoms with van der Waals surface area (Å²) >= 11 is 0. The molecule has 0 aliphatic carbocycles. The van der Waals surface area contributed by atoms with Gasteiger partial charge in [0.15, 0.2) is 5.82 Å². The van der Waals surface area contributed by atoms with Crippen molar-refractivity contribution in [3.63, 3.8) is 0 Å². The average molecular weight is 570 g/mol. The minimum absolute atomic E-state index is 0.0383. The molecule has 0 fully saturated rings. The highest BCUT2D eigenvalue weighted by Gasteiger charge is 2.23. The van der Waals surface area contributed by atoms with Crippen LogP contribution in [0.3, 0.4) is 0 Å². The van der Waals surface area contributed by atoms with E-state index in [-0.39, 0.29) is 18.3 Å². The number of aromatic amines is 1. The van der Waals surface area contributed by atoms with Gasteiger partial charge in [-0.25, -0.2) is 22.9 Å². The Labute approximate surface area is 238 Å². The second kappa shape index (κ2) is 16.1. The van der Waals surface area contributed by atoms with Crippen molar-refractivity contribution in [2.24, 2.45) is 0 Å². The first-order valence-electron chi connectivity index (χ1n) is 14.1. The van der Waals surface area contributed by atoms with Crippen molar-refractivity contribution in [3.8, 4) is 0 Å². The van der Waals surface area contributed by atoms with E-state index in [9.17, 15) is 13.2 Å². The summed E-state index contributed by atoms with van der Waals surface area (Å²) in [5.74, 6) is 0.866. The Morgan fingerprint density at radius 3 is 2.23 bits per heavy atom. The second-order valence-corrected chi connectivity index (χ2v) is 11.6. The van der Waals surface area contributed by atoms with E-state index in [0.717, 1.165) is 30.8 Å². The normalized spacial score (nSPS) is 12.4. The maximum absolute atomic E-state index is 13.0. The van der Waals surface area contributed by atoms with Crippen LogP contribution >= 0.6 is 0 Å². The molecule has 0 radical (unpaired) electrons. The third kappa shape index (κ3) is 10.4. The predicted molar refractivity (Wildman–Crippen MR) is 158 cm³/mol. The molecule has 3 N–H and O–H groups in total. The van der Waals surface area contributed by atoms with Crippen molar-refractivity contribution in [1.29, 1.82) is 0 Å². The number of H-pyrrole nitrogens is 1. The van der Waals surface area contributed by atoms with E-state index in [1.165, 1.54) is 0 Å². The van der Waals surface area contributed by atoms with Crippen molar-refractivity contribution in [1.82, 2.24) is 35.0 Å². The zero-order valence-corrected chi connectivity index (χ0v) is 24.7. The lowest BCUT2D eigenvalue weighted by Crippen LogP contribution is -2.39. The molecule has 0 bridgehead atoms. The van der Waals surface area contributed by atoms with Crippen LogP contribution in [0.15, 0.2) is 60.7 Å². The number of rotatable bonds is 17. The third-order valence-corrected chi connectivity index (χ3v) is 8.30. The zero-order chi connectivity index (χ0) is 28.8. The Balaban J connectivity index is 1.64. The summed E-state index contributed by atoms with van der Waals surface area (Å²) in [4.78, 5) is 21.2. The highest BCUT2D eigenvalue weighted by atomic mass is 32.2. The first-order chi connectivity index (χ1) is 19.3. The molecule has 218 valence electrons. The van der Waals surface area contributed by atoms with Gasteiger partial charge >= 0.3 is 6.03 Å². The first-order valence-corrected chi connectivity index (χ1v) is 15.7. The molecule has 1 aromatic heterocycles. The van der Waals surface area contributed by atoms with Crippen LogP contribution in [0.4, 0.5) is 4.79 Å². The lowest BCUT2D eigenvalue weighted by Gasteiger charge is -2.21. The fourth-order valence-corrected chi connectivity index (χ4v) is 5.73. The van der Waals surface area contributed by atoms with Gasteiger partial charge in [0.05, 0.1) is 18.3 Å². The molecule has 3 rings (SSSR count). The lowest BCUT2D eigenvalue weighted by atomic mass is 10.1. The van der Waals surface area contributed by atoms with Crippen molar-refractivity contribution in [2.45, 2.75) is 59.2 Å². The minimum Gasteiger partial charge on any atom is -0.331 e. The Bertz CT molecular complexity index is 1250. The standard InChI is InChI=1S/C29H43N7O3S/c1-4-35(5-2)20-13-21-40(38,39)34-26(19-18-24-14-9-7-10-15-24)28-31-27(32-33-28)22-30-29(37)36(6-3)23-25-16-11-8-12-17-25/h7-12,14-17,26,34H,4-6,13,18-23H2,1-3H3,(H,30,37)(H,31,32,33)/t26-/m1/s1. The number of hydrogen-bond donors (Lipinski definition) is 3. The molecule has 40 heavy (non-hydrogen) atoms. The van der Waals surface area contributed by atoms with E-state index in [4.69, 9.17) is 0 Å². The number of carbonyl (C=O) groups is 1. The fourth-order valence-electron chi connectivity index (χ4n) is 4.44. The number of aromatic nitrogens is 3. The number of sulfonamides is 1. The Kier molecular flexibility index (Phi) is 12.6. The van der Waals surface area contributed by atoms with Gasteiger partial charge in [0.2, 0.25) is 10.0 Å². The Morgan fingerprint density at radius 1 is 0.950 bits per heavy atom. The summed E-state index contributed by atoms with van der Waals surface area (Å²) in [6, 6.07) is 19.0. The third-order valence-electron chi connectivity index (χ3n) is 6.83. The maximum Gasteiger partial charge on any atom is 0.318 e. The van der Waals surface area contributed by atoms with Gasteiger partial charge in [-0.05, 0) is 56.9 Å². The Hall–Kier alpha value is -3.28. The second-order valence-electron chi connectivity index (χ2n) is 9.69. The number of benzene rings is 2. The van der Waals surface area contributed by atoms with Gasteiger partial charge in [-0.1, -0.05) is 74.5 Å². The molecule has 0 spiro atoms. The first kappa shape index (κ1) is 31.3. The lowest BCUT2D eigenvalue weighted by molar-refractivity contribution is 0.197. The van der Waals surface area contributed by atoms with E-state index in [1.54, 1.807) is 4.90 Å². The van der Waals surface area contributed by atoms with Crippen molar-refractivity contribution in [3.05, 3.63) is 83.4 Å². The van der Waals surface area contributed by atoms with Gasteiger partial charge in [-0.15, -0.1) is 0 Å². The molecule has 0 saturated carbocycles. The van der Waals surface area contributed by atoms with Crippen LogP contribution in [0, 0.1) is 0 Å². The van der Waals surface area contributed by atoms with E-state index in [1.807, 2.05) is 67.6 Å². The number of hydrogen-bond acceptors (Lipinski definition) is 6. The van der Waals surface area contributed by atoms with Crippen molar-refractivity contribution in [2.75, 3.05) is 31.9 Å². The molecule has 10 nitrogen and oxygen atoms in total. The summed E-state index contributed by atoms with van der Waals surface area (Å²) in [6.45, 7) is 9.77. The molecule has 3 aromatic rings. The van der Waals surface area contributed by atoms with Gasteiger partial charge in [0.1, 0.15) is 5.82 Å². The number of nitrogens with zero attached hydrogens (tertiary/aromatic N) is 4. The van der Waals surface area contributed by atoms with Gasteiger partial charge in [0.25, 0.3) is 0 Å². The molecule has 0 aliphatic rings. The molecule has 1 atom stereocenters. The van der Waals surface area contributed by atoms with Crippen LogP contribution in [0.1, 0.15) is 62.4 Å². The maximum atomic E-state index is 13.0. The van der Waals surface area contributed by atoms with Gasteiger partial charge < -0.3 is 15.1 Å². The summed E-state index contributed by atoms with van der Waals surface area (Å²) in [6.07, 6.45) is 1.74. The molecule has 0 aliphatic heterocycles. The largest absolute Gasteiger partial charge is 0.331 e. The van der Waals surface area contributed by atoms with Crippen LogP contribution in [0.25, 0.3) is 0 Å². The van der Waals surface area contributed by atoms with Crippen LogP contribution in [0.2, 0.25) is 0 Å². The molecule has 2 aromatic carbocycles. The number of amides is 2. The van der Waals surface area contributed by atoms with Crippen molar-refractivity contribution < 1.29 is 13.2 Å². The molecule has 0 unspecified atom stereocenters. The van der Waals surface area contributed by atoms with Gasteiger partial charge in [-0.3, -0.25) is 5.10 Å². The molecule has 0 saturated heterocycles. The predicted octanol–water partition coefficient (Wildman–Crippen LogP) is 3.86. The monoisotopic (exact) mass is 569 g/mol. The fraction of sp³-hybridized carbons (Fsp3) is 0.483. The average Bonchev–Trinajstić information content (AvgIpc) is 3.45. The van der Waals surface area contributed by atoms with E-state index >= 15 is 0 Å². The molecular formula is C29H43N7O3S. The molecule has 2 amide bonds. The summed E-state index contributed by atoms with van der Waals surface area (Å²) in [5, 5.41) is 10.0. The molecular weight excluding hydrogens is 526 g/mol. The van der Waals surface area contributed by atoms with E-state index in [2.05, 4.69) is 44.0 Å². The minimum atomic E-state index is -3.55. The Morgan fingerprint density at radius 2 is 1.60 bits per heavy atom. The van der Waals surface area contributed by atoms with E-state index < -0.39 is 16.1 Å². The van der Waals surface area contributed by atoms with Gasteiger partial charge in [-0.2, -0.15) is 5.10 Å². The number of carbonyl (C=O) groups excluding carboxylic acids is 1. The van der Waals surface area contributed by atoms with Gasteiger partial charge in [0, 0.05) is 13.1 Å². The number of aryl methyl sites for hydroxylation is 1. The smallest absolute Gasteiger partial charge is 0.318 e. The van der Waals surface area contributed by atoms with Crippen LogP contribution in [-0.2, 0) is 29.5 Å². The summed E-state index contributed by atoms with van der Waals surface area (Å²) < 4.78 is 28.9. The summed E-state index contributed by atoms with van der Waals surface area (Å²) in [5.41, 5.74) is 2.16. The highest BCUT2D eigenvalue weighted by molar-refractivity contribution is 7.89. The van der Waals surface area contributed by atoms with Crippen LogP contribution < -0.4 is 10.0 Å². The zero-order valence-electron chi connectivity index (χ0n) is 23.8. The summed E-state index contributed by atoms with van der Waals surface area (Å²) in [7, 11) is -3.55. The highest BCUT2D eigenvalue weighted by Crippen LogP contribution is 2.18. The quantitative estimate of drug-likeness (QED) is 0.227. The van der Waals surface area contributed by atoms with Crippen molar-refractivity contribution >= 4 is 16.1 Å². The topological polar surface area (TPSA) is 123 Å². The van der Waals surface area contributed by atoms with E-state index in [0.29, 0.717) is 44.0 Å².